The summed E-state index contributed by atoms with van der Waals surface area (Å²) in [5.74, 6) is 0.236. The number of fused-ring (bicyclic) bond motifs is 1. The lowest BCUT2D eigenvalue weighted by molar-refractivity contribution is 0.0695. The standard InChI is InChI=1S/C24H21FO4/c25-20-8-4-16(5-9-20)2-1-3-19-14-17(6-10-21(19)24(26)27)18-7-11-22-23(15-18)29-13-12-28-22/h4-11,14-15H,1-3,12-13H2,(H,26,27). The van der Waals surface area contributed by atoms with E-state index in [1.807, 2.05) is 30.3 Å². The van der Waals surface area contributed by atoms with Crippen molar-refractivity contribution in [1.29, 1.82) is 0 Å². The fraction of sp³-hybridized carbons (Fsp3) is 0.208. The van der Waals surface area contributed by atoms with Gasteiger partial charge < -0.3 is 14.6 Å². The highest BCUT2D eigenvalue weighted by atomic mass is 19.1. The number of carbonyl (C=O) groups is 1. The topological polar surface area (TPSA) is 55.8 Å². The van der Waals surface area contributed by atoms with Crippen molar-refractivity contribution in [3.8, 4) is 22.6 Å². The largest absolute Gasteiger partial charge is 0.486 e. The van der Waals surface area contributed by atoms with Crippen LogP contribution in [-0.2, 0) is 12.8 Å². The zero-order valence-electron chi connectivity index (χ0n) is 15.9. The Hall–Kier alpha value is -3.34. The van der Waals surface area contributed by atoms with Crippen molar-refractivity contribution in [2.75, 3.05) is 13.2 Å². The third-order valence-electron chi connectivity index (χ3n) is 5.04. The number of aromatic carboxylic acids is 1. The van der Waals surface area contributed by atoms with E-state index in [0.29, 0.717) is 30.9 Å². The van der Waals surface area contributed by atoms with Crippen LogP contribution >= 0.6 is 0 Å². The van der Waals surface area contributed by atoms with Crippen molar-refractivity contribution in [3.05, 3.63) is 83.2 Å². The maximum absolute atomic E-state index is 13.0. The average molecular weight is 392 g/mol. The first kappa shape index (κ1) is 19.0. The Labute approximate surface area is 168 Å². The fourth-order valence-corrected chi connectivity index (χ4v) is 3.55. The van der Waals surface area contributed by atoms with E-state index in [0.717, 1.165) is 40.8 Å². The molecule has 0 spiro atoms. The van der Waals surface area contributed by atoms with E-state index < -0.39 is 5.97 Å². The number of aryl methyl sites for hydroxylation is 2. The van der Waals surface area contributed by atoms with Crippen LogP contribution in [0.5, 0.6) is 11.5 Å². The molecule has 0 atom stereocenters. The third kappa shape index (κ3) is 4.40. The molecule has 29 heavy (non-hydrogen) atoms. The van der Waals surface area contributed by atoms with Gasteiger partial charge in [0.1, 0.15) is 19.0 Å². The van der Waals surface area contributed by atoms with E-state index in [1.165, 1.54) is 12.1 Å². The Balaban J connectivity index is 1.55. The second-order valence-electron chi connectivity index (χ2n) is 7.02. The van der Waals surface area contributed by atoms with Gasteiger partial charge in [-0.15, -0.1) is 0 Å². The molecule has 4 rings (SSSR count). The van der Waals surface area contributed by atoms with E-state index in [1.54, 1.807) is 18.2 Å². The minimum Gasteiger partial charge on any atom is -0.486 e. The summed E-state index contributed by atoms with van der Waals surface area (Å²) >= 11 is 0. The van der Waals surface area contributed by atoms with Crippen molar-refractivity contribution in [2.45, 2.75) is 19.3 Å². The van der Waals surface area contributed by atoms with Crippen LogP contribution < -0.4 is 9.47 Å². The van der Waals surface area contributed by atoms with Gasteiger partial charge in [0, 0.05) is 0 Å². The third-order valence-corrected chi connectivity index (χ3v) is 5.04. The predicted molar refractivity (Wildman–Crippen MR) is 108 cm³/mol. The van der Waals surface area contributed by atoms with Gasteiger partial charge in [-0.25, -0.2) is 9.18 Å². The van der Waals surface area contributed by atoms with Crippen molar-refractivity contribution < 1.29 is 23.8 Å². The molecule has 1 N–H and O–H groups in total. The van der Waals surface area contributed by atoms with Gasteiger partial charge in [0.25, 0.3) is 0 Å². The van der Waals surface area contributed by atoms with Crippen molar-refractivity contribution >= 4 is 5.97 Å². The lowest BCUT2D eigenvalue weighted by Gasteiger charge is -2.19. The van der Waals surface area contributed by atoms with E-state index in [9.17, 15) is 14.3 Å². The number of benzene rings is 3. The highest BCUT2D eigenvalue weighted by molar-refractivity contribution is 5.90. The molecule has 0 fully saturated rings. The fourth-order valence-electron chi connectivity index (χ4n) is 3.55. The van der Waals surface area contributed by atoms with Crippen molar-refractivity contribution in [3.63, 3.8) is 0 Å². The summed E-state index contributed by atoms with van der Waals surface area (Å²) in [6.07, 6.45) is 2.15. The number of halogens is 1. The molecule has 0 unspecified atom stereocenters. The smallest absolute Gasteiger partial charge is 0.335 e. The molecule has 0 amide bonds. The summed E-state index contributed by atoms with van der Waals surface area (Å²) in [4.78, 5) is 11.7. The number of ether oxygens (including phenoxy) is 2. The highest BCUT2D eigenvalue weighted by Gasteiger charge is 2.15. The van der Waals surface area contributed by atoms with E-state index in [-0.39, 0.29) is 5.82 Å². The summed E-state index contributed by atoms with van der Waals surface area (Å²) in [7, 11) is 0. The molecule has 0 aromatic heterocycles. The van der Waals surface area contributed by atoms with Crippen LogP contribution in [-0.4, -0.2) is 24.3 Å². The van der Waals surface area contributed by atoms with Crippen LogP contribution in [0, 0.1) is 5.82 Å². The molecule has 0 bridgehead atoms. The number of carboxylic acids is 1. The number of rotatable bonds is 6. The Morgan fingerprint density at radius 2 is 1.55 bits per heavy atom. The molecule has 1 aliphatic rings. The van der Waals surface area contributed by atoms with Gasteiger partial charge in [-0.05, 0) is 71.8 Å². The molecule has 0 saturated carbocycles. The van der Waals surface area contributed by atoms with E-state index in [2.05, 4.69) is 0 Å². The molecular formula is C24H21FO4. The SMILES string of the molecule is O=C(O)c1ccc(-c2ccc3c(c2)OCCO3)cc1CCCc1ccc(F)cc1. The van der Waals surface area contributed by atoms with Crippen molar-refractivity contribution in [1.82, 2.24) is 0 Å². The van der Waals surface area contributed by atoms with Gasteiger partial charge in [-0.3, -0.25) is 0 Å². The molecule has 0 radical (unpaired) electrons. The Bertz CT molecular complexity index is 1030. The first-order valence-electron chi connectivity index (χ1n) is 9.61. The molecule has 1 heterocycles. The van der Waals surface area contributed by atoms with Crippen LogP contribution in [0.1, 0.15) is 27.9 Å². The zero-order valence-corrected chi connectivity index (χ0v) is 15.9. The monoisotopic (exact) mass is 392 g/mol. The first-order valence-corrected chi connectivity index (χ1v) is 9.61. The number of hydrogen-bond donors (Lipinski definition) is 1. The predicted octanol–water partition coefficient (Wildman–Crippen LogP) is 5.14. The van der Waals surface area contributed by atoms with E-state index >= 15 is 0 Å². The van der Waals surface area contributed by atoms with Crippen LogP contribution in [0.4, 0.5) is 4.39 Å². The zero-order chi connectivity index (χ0) is 20.2. The van der Waals surface area contributed by atoms with Gasteiger partial charge in [0.15, 0.2) is 11.5 Å². The molecule has 1 aliphatic heterocycles. The minimum atomic E-state index is -0.935. The van der Waals surface area contributed by atoms with Gasteiger partial charge in [-0.1, -0.05) is 30.3 Å². The summed E-state index contributed by atoms with van der Waals surface area (Å²) in [6.45, 7) is 1.06. The molecule has 4 nitrogen and oxygen atoms in total. The minimum absolute atomic E-state index is 0.256. The molecule has 0 aliphatic carbocycles. The van der Waals surface area contributed by atoms with Crippen LogP contribution in [0.15, 0.2) is 60.7 Å². The summed E-state index contributed by atoms with van der Waals surface area (Å²) in [5.41, 5.74) is 4.01. The summed E-state index contributed by atoms with van der Waals surface area (Å²) < 4.78 is 24.3. The van der Waals surface area contributed by atoms with Crippen molar-refractivity contribution in [2.24, 2.45) is 0 Å². The normalized spacial score (nSPS) is 12.6. The van der Waals surface area contributed by atoms with Gasteiger partial charge in [-0.2, -0.15) is 0 Å². The first-order chi connectivity index (χ1) is 14.1. The van der Waals surface area contributed by atoms with Gasteiger partial charge >= 0.3 is 5.97 Å². The van der Waals surface area contributed by atoms with Gasteiger partial charge in [0.05, 0.1) is 5.56 Å². The van der Waals surface area contributed by atoms with Crippen LogP contribution in [0.2, 0.25) is 0 Å². The van der Waals surface area contributed by atoms with Crippen LogP contribution in [0.3, 0.4) is 0 Å². The number of carboxylic acid groups (broad SMARTS) is 1. The molecule has 0 saturated heterocycles. The molecule has 148 valence electrons. The second-order valence-corrected chi connectivity index (χ2v) is 7.02. The lowest BCUT2D eigenvalue weighted by Crippen LogP contribution is -2.15. The summed E-state index contributed by atoms with van der Waals surface area (Å²) in [6, 6.07) is 17.6. The Morgan fingerprint density at radius 1 is 0.862 bits per heavy atom. The maximum atomic E-state index is 13.0. The Kier molecular flexibility index (Phi) is 5.47. The summed E-state index contributed by atoms with van der Waals surface area (Å²) in [5, 5.41) is 9.55. The molecule has 5 heteroatoms. The quantitative estimate of drug-likeness (QED) is 0.631. The molecular weight excluding hydrogens is 371 g/mol. The van der Waals surface area contributed by atoms with Gasteiger partial charge in [0.2, 0.25) is 0 Å². The maximum Gasteiger partial charge on any atom is 0.335 e. The van der Waals surface area contributed by atoms with Crippen LogP contribution in [0.25, 0.3) is 11.1 Å². The molecule has 3 aromatic carbocycles. The Morgan fingerprint density at radius 3 is 2.31 bits per heavy atom. The lowest BCUT2D eigenvalue weighted by atomic mass is 9.95. The number of hydrogen-bond acceptors (Lipinski definition) is 3. The highest BCUT2D eigenvalue weighted by Crippen LogP contribution is 2.35. The van der Waals surface area contributed by atoms with E-state index in [4.69, 9.17) is 9.47 Å². The second kappa shape index (κ2) is 8.35. The molecule has 3 aromatic rings. The average Bonchev–Trinajstić information content (AvgIpc) is 2.74.